The van der Waals surface area contributed by atoms with Crippen LogP contribution in [0.25, 0.3) is 11.3 Å². The quantitative estimate of drug-likeness (QED) is 0.717. The van der Waals surface area contributed by atoms with Crippen LogP contribution in [-0.4, -0.2) is 15.0 Å². The molecule has 0 N–H and O–H groups in total. The highest BCUT2D eigenvalue weighted by molar-refractivity contribution is 6.35. The largest absolute Gasteiger partial charge is 0.265 e. The number of nitrogens with zero attached hydrogens (tertiary/aromatic N) is 3. The van der Waals surface area contributed by atoms with Gasteiger partial charge in [0, 0.05) is 40.6 Å². The van der Waals surface area contributed by atoms with E-state index >= 15 is 0 Å². The Morgan fingerprint density at radius 3 is 2.48 bits per heavy atom. The van der Waals surface area contributed by atoms with E-state index in [1.165, 1.54) is 0 Å². The molecule has 0 fully saturated rings. The van der Waals surface area contributed by atoms with Crippen LogP contribution < -0.4 is 0 Å². The molecule has 3 aromatic rings. The average molecular weight is 316 g/mol. The van der Waals surface area contributed by atoms with Gasteiger partial charge in [0.2, 0.25) is 0 Å². The van der Waals surface area contributed by atoms with E-state index in [4.69, 9.17) is 23.2 Å². The molecule has 0 radical (unpaired) electrons. The van der Waals surface area contributed by atoms with E-state index < -0.39 is 0 Å². The van der Waals surface area contributed by atoms with Gasteiger partial charge in [-0.05, 0) is 35.9 Å². The lowest BCUT2D eigenvalue weighted by Gasteiger charge is -2.06. The molecule has 0 saturated heterocycles. The molecular formula is C16H11Cl2N3. The van der Waals surface area contributed by atoms with Gasteiger partial charge in [-0.2, -0.15) is 0 Å². The summed E-state index contributed by atoms with van der Waals surface area (Å²) in [5.41, 5.74) is 2.83. The molecule has 2 heterocycles. The SMILES string of the molecule is Clc1ccc(Cc2nccc(-c3ccncc3)n2)c(Cl)c1. The third kappa shape index (κ3) is 3.38. The first-order valence-corrected chi connectivity index (χ1v) is 7.14. The molecule has 1 aromatic carbocycles. The third-order valence-electron chi connectivity index (χ3n) is 3.05. The smallest absolute Gasteiger partial charge is 0.133 e. The summed E-state index contributed by atoms with van der Waals surface area (Å²) in [6.45, 7) is 0. The van der Waals surface area contributed by atoms with E-state index in [0.29, 0.717) is 22.3 Å². The molecule has 5 heteroatoms. The maximum absolute atomic E-state index is 6.19. The first kappa shape index (κ1) is 14.0. The summed E-state index contributed by atoms with van der Waals surface area (Å²) in [4.78, 5) is 12.9. The van der Waals surface area contributed by atoms with Crippen molar-refractivity contribution in [1.82, 2.24) is 15.0 Å². The number of pyridine rings is 1. The molecule has 21 heavy (non-hydrogen) atoms. The summed E-state index contributed by atoms with van der Waals surface area (Å²) in [6, 6.07) is 11.2. The molecule has 0 bridgehead atoms. The summed E-state index contributed by atoms with van der Waals surface area (Å²) >= 11 is 12.1. The number of hydrogen-bond donors (Lipinski definition) is 0. The van der Waals surface area contributed by atoms with Crippen molar-refractivity contribution in [3.63, 3.8) is 0 Å². The lowest BCUT2D eigenvalue weighted by atomic mass is 10.1. The van der Waals surface area contributed by atoms with Crippen LogP contribution in [0.1, 0.15) is 11.4 Å². The van der Waals surface area contributed by atoms with Gasteiger partial charge >= 0.3 is 0 Å². The van der Waals surface area contributed by atoms with Crippen LogP contribution >= 0.6 is 23.2 Å². The van der Waals surface area contributed by atoms with E-state index in [0.717, 1.165) is 16.8 Å². The second kappa shape index (κ2) is 6.20. The molecular weight excluding hydrogens is 305 g/mol. The summed E-state index contributed by atoms with van der Waals surface area (Å²) < 4.78 is 0. The third-order valence-corrected chi connectivity index (χ3v) is 3.63. The van der Waals surface area contributed by atoms with Crippen molar-refractivity contribution in [2.45, 2.75) is 6.42 Å². The zero-order valence-corrected chi connectivity index (χ0v) is 12.5. The minimum atomic E-state index is 0.564. The van der Waals surface area contributed by atoms with Gasteiger partial charge in [-0.3, -0.25) is 4.98 Å². The van der Waals surface area contributed by atoms with Gasteiger partial charge < -0.3 is 0 Å². The molecule has 0 aliphatic rings. The second-order valence-corrected chi connectivity index (χ2v) is 5.35. The highest BCUT2D eigenvalue weighted by Gasteiger charge is 2.06. The van der Waals surface area contributed by atoms with Gasteiger partial charge in [-0.1, -0.05) is 29.3 Å². The van der Waals surface area contributed by atoms with Gasteiger partial charge in [-0.15, -0.1) is 0 Å². The van der Waals surface area contributed by atoms with Crippen molar-refractivity contribution in [3.05, 3.63) is 76.4 Å². The Balaban J connectivity index is 1.90. The van der Waals surface area contributed by atoms with Crippen LogP contribution in [-0.2, 0) is 6.42 Å². The first-order valence-electron chi connectivity index (χ1n) is 6.38. The van der Waals surface area contributed by atoms with Gasteiger partial charge in [-0.25, -0.2) is 9.97 Å². The monoisotopic (exact) mass is 315 g/mol. The Labute approximate surface area is 132 Å². The fourth-order valence-electron chi connectivity index (χ4n) is 2.00. The minimum absolute atomic E-state index is 0.564. The van der Waals surface area contributed by atoms with Gasteiger partial charge in [0.1, 0.15) is 5.82 Å². The Morgan fingerprint density at radius 1 is 0.905 bits per heavy atom. The predicted molar refractivity (Wildman–Crippen MR) is 84.5 cm³/mol. The van der Waals surface area contributed by atoms with Crippen molar-refractivity contribution in [2.24, 2.45) is 0 Å². The second-order valence-electron chi connectivity index (χ2n) is 4.51. The van der Waals surface area contributed by atoms with Crippen LogP contribution in [0.3, 0.4) is 0 Å². The molecule has 2 aromatic heterocycles. The molecule has 0 saturated carbocycles. The predicted octanol–water partition coefficient (Wildman–Crippen LogP) is 4.44. The van der Waals surface area contributed by atoms with Gasteiger partial charge in [0.05, 0.1) is 5.69 Å². The van der Waals surface area contributed by atoms with E-state index in [-0.39, 0.29) is 0 Å². The van der Waals surface area contributed by atoms with Crippen molar-refractivity contribution in [2.75, 3.05) is 0 Å². The molecule has 0 aliphatic carbocycles. The van der Waals surface area contributed by atoms with Crippen LogP contribution in [0.15, 0.2) is 55.0 Å². The first-order chi connectivity index (χ1) is 10.2. The highest BCUT2D eigenvalue weighted by atomic mass is 35.5. The summed E-state index contributed by atoms with van der Waals surface area (Å²) in [5, 5.41) is 1.25. The van der Waals surface area contributed by atoms with Crippen LogP contribution in [0, 0.1) is 0 Å². The Kier molecular flexibility index (Phi) is 4.13. The topological polar surface area (TPSA) is 38.7 Å². The van der Waals surface area contributed by atoms with Crippen LogP contribution in [0.5, 0.6) is 0 Å². The summed E-state index contributed by atoms with van der Waals surface area (Å²) in [6.07, 6.45) is 5.80. The van der Waals surface area contributed by atoms with Crippen molar-refractivity contribution in [1.29, 1.82) is 0 Å². The molecule has 104 valence electrons. The molecule has 0 unspecified atom stereocenters. The fraction of sp³-hybridized carbons (Fsp3) is 0.0625. The van der Waals surface area contributed by atoms with E-state index in [1.807, 2.05) is 30.3 Å². The van der Waals surface area contributed by atoms with Gasteiger partial charge in [0.15, 0.2) is 0 Å². The molecule has 0 amide bonds. The number of rotatable bonds is 3. The normalized spacial score (nSPS) is 10.6. The number of hydrogen-bond acceptors (Lipinski definition) is 3. The van der Waals surface area contributed by atoms with Crippen molar-refractivity contribution < 1.29 is 0 Å². The molecule has 3 nitrogen and oxygen atoms in total. The lowest BCUT2D eigenvalue weighted by molar-refractivity contribution is 0.972. The number of aromatic nitrogens is 3. The molecule has 3 rings (SSSR count). The van der Waals surface area contributed by atoms with E-state index in [9.17, 15) is 0 Å². The average Bonchev–Trinajstić information content (AvgIpc) is 2.51. The maximum atomic E-state index is 6.19. The zero-order chi connectivity index (χ0) is 14.7. The summed E-state index contributed by atoms with van der Waals surface area (Å²) in [7, 11) is 0. The van der Waals surface area contributed by atoms with Crippen molar-refractivity contribution in [3.8, 4) is 11.3 Å². The van der Waals surface area contributed by atoms with E-state index in [2.05, 4.69) is 15.0 Å². The Hall–Kier alpha value is -1.97. The van der Waals surface area contributed by atoms with Crippen molar-refractivity contribution >= 4 is 23.2 Å². The lowest BCUT2D eigenvalue weighted by Crippen LogP contribution is -1.98. The Bertz CT molecular complexity index is 760. The standard InChI is InChI=1S/C16H11Cl2N3/c17-13-2-1-12(14(18)10-13)9-16-20-8-5-15(21-16)11-3-6-19-7-4-11/h1-8,10H,9H2. The molecule has 0 spiro atoms. The maximum Gasteiger partial charge on any atom is 0.133 e. The molecule has 0 atom stereocenters. The Morgan fingerprint density at radius 2 is 1.71 bits per heavy atom. The highest BCUT2D eigenvalue weighted by Crippen LogP contribution is 2.23. The minimum Gasteiger partial charge on any atom is -0.265 e. The molecule has 0 aliphatic heterocycles. The summed E-state index contributed by atoms with van der Waals surface area (Å²) in [5.74, 6) is 0.716. The van der Waals surface area contributed by atoms with Gasteiger partial charge in [0.25, 0.3) is 0 Å². The van der Waals surface area contributed by atoms with E-state index in [1.54, 1.807) is 24.7 Å². The number of halogens is 2. The van der Waals surface area contributed by atoms with Crippen LogP contribution in [0.4, 0.5) is 0 Å². The van der Waals surface area contributed by atoms with Crippen LogP contribution in [0.2, 0.25) is 10.0 Å². The zero-order valence-electron chi connectivity index (χ0n) is 11.0. The fourth-order valence-corrected chi connectivity index (χ4v) is 2.48. The number of benzene rings is 1.